The summed E-state index contributed by atoms with van der Waals surface area (Å²) in [6.07, 6.45) is 0.186. The number of nitrogen functional groups attached to an aromatic ring is 1. The van der Waals surface area contributed by atoms with Gasteiger partial charge in [-0.05, 0) is 13.8 Å². The molecule has 16 heavy (non-hydrogen) atoms. The molecule has 0 amide bonds. The summed E-state index contributed by atoms with van der Waals surface area (Å²) in [5.41, 5.74) is 5.58. The maximum absolute atomic E-state index is 5.86. The Labute approximate surface area is 99.6 Å². The first-order valence-electron chi connectivity index (χ1n) is 5.24. The summed E-state index contributed by atoms with van der Waals surface area (Å²) in [6.45, 7) is 5.58. The summed E-state index contributed by atoms with van der Waals surface area (Å²) in [4.78, 5) is 10.2. The molecule has 1 aliphatic heterocycles. The molecule has 6 heteroatoms. The van der Waals surface area contributed by atoms with E-state index in [0.717, 1.165) is 12.4 Å². The number of nitrogens with zero attached hydrogens (tertiary/aromatic N) is 3. The van der Waals surface area contributed by atoms with Crippen molar-refractivity contribution in [2.75, 3.05) is 23.8 Å². The number of morpholine rings is 1. The van der Waals surface area contributed by atoms with Crippen LogP contribution in [-0.2, 0) is 4.74 Å². The van der Waals surface area contributed by atoms with Gasteiger partial charge in [-0.2, -0.15) is 4.98 Å². The maximum atomic E-state index is 5.86. The molecular weight excluding hydrogens is 228 g/mol. The Morgan fingerprint density at radius 2 is 2.25 bits per heavy atom. The monoisotopic (exact) mass is 242 g/mol. The van der Waals surface area contributed by atoms with Gasteiger partial charge < -0.3 is 15.4 Å². The van der Waals surface area contributed by atoms with E-state index in [0.29, 0.717) is 11.8 Å². The van der Waals surface area contributed by atoms with Crippen LogP contribution in [-0.4, -0.2) is 35.3 Å². The summed E-state index contributed by atoms with van der Waals surface area (Å²) in [7, 11) is 0. The van der Waals surface area contributed by atoms with Gasteiger partial charge in [-0.25, -0.2) is 4.98 Å². The molecule has 1 aliphatic rings. The minimum atomic E-state index is 0.186. The molecule has 0 aliphatic carbocycles. The van der Waals surface area contributed by atoms with Crippen molar-refractivity contribution in [3.05, 3.63) is 11.2 Å². The zero-order chi connectivity index (χ0) is 11.7. The molecule has 1 aromatic rings. The SMILES string of the molecule is CC1CN(c2cc(Cl)nc(N)n2)C(C)CO1. The number of halogens is 1. The standard InChI is InChI=1S/C10H15ClN4O/c1-6-5-16-7(2)4-15(6)9-3-8(11)13-10(12)14-9/h3,6-7H,4-5H2,1-2H3,(H2,12,13,14). The van der Waals surface area contributed by atoms with E-state index < -0.39 is 0 Å². The second kappa shape index (κ2) is 4.43. The normalized spacial score (nSPS) is 25.8. The molecule has 2 rings (SSSR count). The van der Waals surface area contributed by atoms with Crippen molar-refractivity contribution in [2.24, 2.45) is 0 Å². The molecule has 5 nitrogen and oxygen atoms in total. The Bertz CT molecular complexity index is 367. The minimum Gasteiger partial charge on any atom is -0.375 e. The molecule has 1 saturated heterocycles. The largest absolute Gasteiger partial charge is 0.375 e. The summed E-state index contributed by atoms with van der Waals surface area (Å²) in [5, 5.41) is 0.369. The fraction of sp³-hybridized carbons (Fsp3) is 0.600. The van der Waals surface area contributed by atoms with Gasteiger partial charge in [0.05, 0.1) is 18.8 Å². The van der Waals surface area contributed by atoms with Gasteiger partial charge in [0.15, 0.2) is 0 Å². The smallest absolute Gasteiger partial charge is 0.223 e. The van der Waals surface area contributed by atoms with E-state index in [1.165, 1.54) is 0 Å². The van der Waals surface area contributed by atoms with Gasteiger partial charge in [0.1, 0.15) is 11.0 Å². The van der Waals surface area contributed by atoms with Crippen LogP contribution in [0.25, 0.3) is 0 Å². The average Bonchev–Trinajstić information content (AvgIpc) is 2.20. The maximum Gasteiger partial charge on any atom is 0.223 e. The quantitative estimate of drug-likeness (QED) is 0.753. The first-order chi connectivity index (χ1) is 7.56. The summed E-state index contributed by atoms with van der Waals surface area (Å²) in [5.74, 6) is 0.967. The molecule has 1 fully saturated rings. The fourth-order valence-electron chi connectivity index (χ4n) is 1.79. The van der Waals surface area contributed by atoms with Crippen molar-refractivity contribution in [2.45, 2.75) is 26.0 Å². The number of hydrogen-bond acceptors (Lipinski definition) is 5. The minimum absolute atomic E-state index is 0.186. The summed E-state index contributed by atoms with van der Waals surface area (Å²) < 4.78 is 5.55. The molecule has 0 saturated carbocycles. The average molecular weight is 243 g/mol. The molecule has 2 heterocycles. The second-order valence-electron chi connectivity index (χ2n) is 4.05. The molecule has 0 spiro atoms. The Kier molecular flexibility index (Phi) is 3.16. The van der Waals surface area contributed by atoms with E-state index in [9.17, 15) is 0 Å². The zero-order valence-corrected chi connectivity index (χ0v) is 10.1. The first-order valence-corrected chi connectivity index (χ1v) is 5.62. The van der Waals surface area contributed by atoms with Gasteiger partial charge in [0.25, 0.3) is 0 Å². The van der Waals surface area contributed by atoms with Crippen LogP contribution >= 0.6 is 11.6 Å². The van der Waals surface area contributed by atoms with Crippen LogP contribution < -0.4 is 10.6 Å². The van der Waals surface area contributed by atoms with Crippen LogP contribution in [0.15, 0.2) is 6.07 Å². The van der Waals surface area contributed by atoms with Crippen LogP contribution in [0, 0.1) is 0 Å². The van der Waals surface area contributed by atoms with Crippen LogP contribution in [0.3, 0.4) is 0 Å². The highest BCUT2D eigenvalue weighted by Gasteiger charge is 2.25. The lowest BCUT2D eigenvalue weighted by Gasteiger charge is -2.37. The predicted molar refractivity (Wildman–Crippen MR) is 63.7 cm³/mol. The lowest BCUT2D eigenvalue weighted by molar-refractivity contribution is 0.0340. The van der Waals surface area contributed by atoms with Crippen LogP contribution in [0.1, 0.15) is 13.8 Å². The lowest BCUT2D eigenvalue weighted by atomic mass is 10.2. The number of nitrogens with two attached hydrogens (primary N) is 1. The van der Waals surface area contributed by atoms with Gasteiger partial charge in [-0.1, -0.05) is 11.6 Å². The molecule has 88 valence electrons. The predicted octanol–water partition coefficient (Wildman–Crippen LogP) is 1.33. The van der Waals surface area contributed by atoms with Gasteiger partial charge in [-0.3, -0.25) is 0 Å². The Morgan fingerprint density at radius 1 is 1.50 bits per heavy atom. The topological polar surface area (TPSA) is 64.3 Å². The fourth-order valence-corrected chi connectivity index (χ4v) is 1.98. The lowest BCUT2D eigenvalue weighted by Crippen LogP contribution is -2.47. The van der Waals surface area contributed by atoms with E-state index in [-0.39, 0.29) is 18.1 Å². The van der Waals surface area contributed by atoms with E-state index in [1.807, 2.05) is 6.92 Å². The molecule has 0 radical (unpaired) electrons. The van der Waals surface area contributed by atoms with Gasteiger partial charge in [0, 0.05) is 12.6 Å². The highest BCUT2D eigenvalue weighted by molar-refractivity contribution is 6.29. The number of ether oxygens (including phenoxy) is 1. The van der Waals surface area contributed by atoms with Gasteiger partial charge >= 0.3 is 0 Å². The molecule has 1 aromatic heterocycles. The number of aromatic nitrogens is 2. The zero-order valence-electron chi connectivity index (χ0n) is 9.35. The van der Waals surface area contributed by atoms with E-state index in [1.54, 1.807) is 6.07 Å². The van der Waals surface area contributed by atoms with Crippen LogP contribution in [0.4, 0.5) is 11.8 Å². The van der Waals surface area contributed by atoms with Crippen molar-refractivity contribution >= 4 is 23.4 Å². The third kappa shape index (κ3) is 2.36. The number of anilines is 2. The van der Waals surface area contributed by atoms with Crippen molar-refractivity contribution in [3.63, 3.8) is 0 Å². The van der Waals surface area contributed by atoms with E-state index in [2.05, 4.69) is 21.8 Å². The van der Waals surface area contributed by atoms with E-state index in [4.69, 9.17) is 22.1 Å². The summed E-state index contributed by atoms with van der Waals surface area (Å²) in [6, 6.07) is 1.99. The molecular formula is C10H15ClN4O. The van der Waals surface area contributed by atoms with Crippen molar-refractivity contribution in [3.8, 4) is 0 Å². The molecule has 2 N–H and O–H groups in total. The molecule has 0 bridgehead atoms. The molecule has 0 aromatic carbocycles. The molecule has 2 atom stereocenters. The number of hydrogen-bond donors (Lipinski definition) is 1. The van der Waals surface area contributed by atoms with Crippen LogP contribution in [0.2, 0.25) is 5.15 Å². The first kappa shape index (κ1) is 11.4. The Balaban J connectivity index is 2.27. The third-order valence-corrected chi connectivity index (χ3v) is 2.79. The van der Waals surface area contributed by atoms with Crippen LogP contribution in [0.5, 0.6) is 0 Å². The van der Waals surface area contributed by atoms with E-state index >= 15 is 0 Å². The van der Waals surface area contributed by atoms with Gasteiger partial charge in [-0.15, -0.1) is 0 Å². The Morgan fingerprint density at radius 3 is 2.94 bits per heavy atom. The van der Waals surface area contributed by atoms with Gasteiger partial charge in [0.2, 0.25) is 5.95 Å². The number of rotatable bonds is 1. The van der Waals surface area contributed by atoms with Crippen molar-refractivity contribution in [1.82, 2.24) is 9.97 Å². The van der Waals surface area contributed by atoms with Crippen molar-refractivity contribution in [1.29, 1.82) is 0 Å². The Hall–Kier alpha value is -1.07. The molecule has 2 unspecified atom stereocenters. The highest BCUT2D eigenvalue weighted by atomic mass is 35.5. The van der Waals surface area contributed by atoms with Crippen molar-refractivity contribution < 1.29 is 4.74 Å². The third-order valence-electron chi connectivity index (χ3n) is 2.60. The highest BCUT2D eigenvalue weighted by Crippen LogP contribution is 2.22. The second-order valence-corrected chi connectivity index (χ2v) is 4.44. The summed E-state index contributed by atoms with van der Waals surface area (Å²) >= 11 is 5.86.